The van der Waals surface area contributed by atoms with E-state index in [0.29, 0.717) is 31.0 Å². The molecule has 0 heterocycles. The SMILES string of the molecule is CCOc1cc(NCCC(=O)NC)ccc1N. The van der Waals surface area contributed by atoms with Crippen LogP contribution in [-0.2, 0) is 4.79 Å². The van der Waals surface area contributed by atoms with Crippen molar-refractivity contribution in [3.05, 3.63) is 18.2 Å². The molecule has 1 rings (SSSR count). The van der Waals surface area contributed by atoms with Crippen LogP contribution in [0.5, 0.6) is 5.75 Å². The smallest absolute Gasteiger partial charge is 0.221 e. The highest BCUT2D eigenvalue weighted by Gasteiger charge is 2.02. The number of nitrogen functional groups attached to an aromatic ring is 1. The maximum atomic E-state index is 11.0. The van der Waals surface area contributed by atoms with E-state index in [9.17, 15) is 4.79 Å². The summed E-state index contributed by atoms with van der Waals surface area (Å²) in [5, 5.41) is 5.71. The fourth-order valence-corrected chi connectivity index (χ4v) is 1.37. The lowest BCUT2D eigenvalue weighted by Crippen LogP contribution is -2.20. The van der Waals surface area contributed by atoms with Gasteiger partial charge in [0.15, 0.2) is 0 Å². The van der Waals surface area contributed by atoms with E-state index < -0.39 is 0 Å². The molecule has 0 fully saturated rings. The van der Waals surface area contributed by atoms with Crippen molar-refractivity contribution in [2.45, 2.75) is 13.3 Å². The fourth-order valence-electron chi connectivity index (χ4n) is 1.37. The third-order valence-electron chi connectivity index (χ3n) is 2.27. The summed E-state index contributed by atoms with van der Waals surface area (Å²) in [6.07, 6.45) is 0.435. The lowest BCUT2D eigenvalue weighted by molar-refractivity contribution is -0.120. The molecule has 1 amide bonds. The molecule has 94 valence electrons. The number of anilines is 2. The minimum Gasteiger partial charge on any atom is -0.492 e. The van der Waals surface area contributed by atoms with Gasteiger partial charge in [-0.15, -0.1) is 0 Å². The van der Waals surface area contributed by atoms with E-state index in [-0.39, 0.29) is 5.91 Å². The van der Waals surface area contributed by atoms with E-state index in [1.165, 1.54) is 0 Å². The summed E-state index contributed by atoms with van der Waals surface area (Å²) in [5.74, 6) is 0.676. The number of carbonyl (C=O) groups is 1. The second-order valence-electron chi connectivity index (χ2n) is 3.54. The maximum Gasteiger partial charge on any atom is 0.221 e. The standard InChI is InChI=1S/C12H19N3O2/c1-3-17-11-8-9(4-5-10(11)13)15-7-6-12(16)14-2/h4-5,8,15H,3,6-7,13H2,1-2H3,(H,14,16). The molecule has 0 aliphatic rings. The first kappa shape index (κ1) is 13.2. The molecule has 0 unspecified atom stereocenters. The van der Waals surface area contributed by atoms with Crippen LogP contribution in [0.1, 0.15) is 13.3 Å². The van der Waals surface area contributed by atoms with E-state index >= 15 is 0 Å². The quantitative estimate of drug-likeness (QED) is 0.650. The Kier molecular flexibility index (Phi) is 5.13. The van der Waals surface area contributed by atoms with Crippen molar-refractivity contribution in [3.63, 3.8) is 0 Å². The molecular weight excluding hydrogens is 218 g/mol. The Hall–Kier alpha value is -1.91. The van der Waals surface area contributed by atoms with Gasteiger partial charge in [0.05, 0.1) is 12.3 Å². The van der Waals surface area contributed by atoms with Gasteiger partial charge in [0.2, 0.25) is 5.91 Å². The van der Waals surface area contributed by atoms with E-state index in [2.05, 4.69) is 10.6 Å². The summed E-state index contributed by atoms with van der Waals surface area (Å²) in [7, 11) is 1.62. The maximum absolute atomic E-state index is 11.0. The molecule has 17 heavy (non-hydrogen) atoms. The van der Waals surface area contributed by atoms with Crippen LogP contribution >= 0.6 is 0 Å². The molecular formula is C12H19N3O2. The summed E-state index contributed by atoms with van der Waals surface area (Å²) < 4.78 is 5.38. The second-order valence-corrected chi connectivity index (χ2v) is 3.54. The van der Waals surface area contributed by atoms with Gasteiger partial charge in [-0.25, -0.2) is 0 Å². The van der Waals surface area contributed by atoms with Gasteiger partial charge in [0, 0.05) is 31.8 Å². The number of nitrogens with one attached hydrogen (secondary N) is 2. The number of hydrogen-bond donors (Lipinski definition) is 3. The third kappa shape index (κ3) is 4.22. The summed E-state index contributed by atoms with van der Waals surface area (Å²) in [4.78, 5) is 11.0. The van der Waals surface area contributed by atoms with Crippen LogP contribution in [-0.4, -0.2) is 26.1 Å². The molecule has 0 aliphatic heterocycles. The van der Waals surface area contributed by atoms with Crippen molar-refractivity contribution in [2.24, 2.45) is 0 Å². The van der Waals surface area contributed by atoms with Crippen molar-refractivity contribution in [2.75, 3.05) is 31.2 Å². The van der Waals surface area contributed by atoms with Gasteiger partial charge in [-0.1, -0.05) is 0 Å². The summed E-state index contributed by atoms with van der Waals surface area (Å²) >= 11 is 0. The Bertz CT molecular complexity index is 380. The highest BCUT2D eigenvalue weighted by molar-refractivity contribution is 5.76. The van der Waals surface area contributed by atoms with Crippen molar-refractivity contribution in [3.8, 4) is 5.75 Å². The summed E-state index contributed by atoms with van der Waals surface area (Å²) in [6, 6.07) is 5.48. The molecule has 0 atom stereocenters. The van der Waals surface area contributed by atoms with E-state index in [1.54, 1.807) is 13.1 Å². The largest absolute Gasteiger partial charge is 0.492 e. The normalized spacial score (nSPS) is 9.76. The van der Waals surface area contributed by atoms with Gasteiger partial charge in [-0.3, -0.25) is 4.79 Å². The molecule has 0 saturated heterocycles. The summed E-state index contributed by atoms with van der Waals surface area (Å²) in [6.45, 7) is 3.06. The minimum absolute atomic E-state index is 0.0120. The third-order valence-corrected chi connectivity index (χ3v) is 2.27. The fraction of sp³-hybridized carbons (Fsp3) is 0.417. The van der Waals surface area contributed by atoms with Crippen molar-refractivity contribution in [1.29, 1.82) is 0 Å². The summed E-state index contributed by atoms with van der Waals surface area (Å²) in [5.41, 5.74) is 7.27. The van der Waals surface area contributed by atoms with Crippen LogP contribution in [0.15, 0.2) is 18.2 Å². The van der Waals surface area contributed by atoms with Gasteiger partial charge in [0.1, 0.15) is 5.75 Å². The first-order valence-electron chi connectivity index (χ1n) is 5.64. The van der Waals surface area contributed by atoms with Crippen molar-refractivity contribution in [1.82, 2.24) is 5.32 Å². The molecule has 0 aliphatic carbocycles. The van der Waals surface area contributed by atoms with Crippen LogP contribution < -0.4 is 21.1 Å². The van der Waals surface area contributed by atoms with Crippen molar-refractivity contribution < 1.29 is 9.53 Å². The molecule has 0 bridgehead atoms. The lowest BCUT2D eigenvalue weighted by atomic mass is 10.2. The average Bonchev–Trinajstić information content (AvgIpc) is 2.33. The van der Waals surface area contributed by atoms with E-state index in [0.717, 1.165) is 5.69 Å². The number of hydrogen-bond acceptors (Lipinski definition) is 4. The molecule has 4 N–H and O–H groups in total. The molecule has 0 saturated carbocycles. The molecule has 5 nitrogen and oxygen atoms in total. The van der Waals surface area contributed by atoms with Crippen LogP contribution in [0.4, 0.5) is 11.4 Å². The van der Waals surface area contributed by atoms with Gasteiger partial charge < -0.3 is 21.1 Å². The first-order valence-corrected chi connectivity index (χ1v) is 5.64. The average molecular weight is 237 g/mol. The van der Waals surface area contributed by atoms with Crippen LogP contribution in [0.25, 0.3) is 0 Å². The second kappa shape index (κ2) is 6.62. The Balaban J connectivity index is 2.53. The van der Waals surface area contributed by atoms with Crippen LogP contribution in [0.3, 0.4) is 0 Å². The predicted molar refractivity (Wildman–Crippen MR) is 69.2 cm³/mol. The number of amides is 1. The van der Waals surface area contributed by atoms with E-state index in [1.807, 2.05) is 19.1 Å². The zero-order valence-electron chi connectivity index (χ0n) is 10.2. The topological polar surface area (TPSA) is 76.4 Å². The van der Waals surface area contributed by atoms with Crippen molar-refractivity contribution >= 4 is 17.3 Å². The molecule has 0 spiro atoms. The number of nitrogens with two attached hydrogens (primary N) is 1. The Morgan fingerprint density at radius 2 is 2.24 bits per heavy atom. The first-order chi connectivity index (χ1) is 8.17. The zero-order valence-corrected chi connectivity index (χ0v) is 10.2. The number of ether oxygens (including phenoxy) is 1. The molecule has 1 aromatic carbocycles. The Labute approximate surface area is 101 Å². The Morgan fingerprint density at radius 3 is 2.88 bits per heavy atom. The van der Waals surface area contributed by atoms with E-state index in [4.69, 9.17) is 10.5 Å². The highest BCUT2D eigenvalue weighted by Crippen LogP contribution is 2.25. The molecule has 1 aromatic rings. The number of rotatable bonds is 6. The van der Waals surface area contributed by atoms with Gasteiger partial charge in [-0.05, 0) is 19.1 Å². The van der Waals surface area contributed by atoms with Gasteiger partial charge >= 0.3 is 0 Å². The van der Waals surface area contributed by atoms with Gasteiger partial charge in [-0.2, -0.15) is 0 Å². The molecule has 0 radical (unpaired) electrons. The zero-order chi connectivity index (χ0) is 12.7. The number of carbonyl (C=O) groups excluding carboxylic acids is 1. The lowest BCUT2D eigenvalue weighted by Gasteiger charge is -2.10. The molecule has 5 heteroatoms. The van der Waals surface area contributed by atoms with Crippen LogP contribution in [0, 0.1) is 0 Å². The molecule has 0 aromatic heterocycles. The Morgan fingerprint density at radius 1 is 1.47 bits per heavy atom. The van der Waals surface area contributed by atoms with Crippen LogP contribution in [0.2, 0.25) is 0 Å². The highest BCUT2D eigenvalue weighted by atomic mass is 16.5. The van der Waals surface area contributed by atoms with Gasteiger partial charge in [0.25, 0.3) is 0 Å². The monoisotopic (exact) mass is 237 g/mol. The number of benzene rings is 1. The minimum atomic E-state index is 0.0120. The predicted octanol–water partition coefficient (Wildman–Crippen LogP) is 1.22.